The SMILES string of the molecule is Cc1cc2c(cc1COC(C)(C)Cc1ccccc1)C(C)(C)C(C)C(C)C2(C)C. The summed E-state index contributed by atoms with van der Waals surface area (Å²) >= 11 is 0. The van der Waals surface area contributed by atoms with Crippen LogP contribution in [0.15, 0.2) is 42.5 Å². The second kappa shape index (κ2) is 7.58. The van der Waals surface area contributed by atoms with E-state index in [4.69, 9.17) is 4.74 Å². The number of hydrogen-bond acceptors (Lipinski definition) is 1. The molecular weight excluding hydrogens is 352 g/mol. The van der Waals surface area contributed by atoms with Crippen molar-refractivity contribution in [3.05, 3.63) is 70.3 Å². The molecule has 0 saturated heterocycles. The van der Waals surface area contributed by atoms with Gasteiger partial charge in [0.1, 0.15) is 0 Å². The summed E-state index contributed by atoms with van der Waals surface area (Å²) in [6, 6.07) is 15.5. The van der Waals surface area contributed by atoms with Crippen LogP contribution in [-0.4, -0.2) is 5.60 Å². The fourth-order valence-electron chi connectivity index (χ4n) is 5.13. The van der Waals surface area contributed by atoms with Crippen LogP contribution in [0.1, 0.15) is 83.2 Å². The van der Waals surface area contributed by atoms with Gasteiger partial charge in [-0.15, -0.1) is 0 Å². The Kier molecular flexibility index (Phi) is 5.78. The molecule has 158 valence electrons. The predicted octanol–water partition coefficient (Wildman–Crippen LogP) is 7.37. The van der Waals surface area contributed by atoms with Gasteiger partial charge in [0, 0.05) is 6.42 Å². The van der Waals surface area contributed by atoms with Crippen molar-refractivity contribution in [2.45, 2.75) is 91.8 Å². The highest BCUT2D eigenvalue weighted by atomic mass is 16.5. The molecule has 1 nitrogen and oxygen atoms in total. The molecule has 0 radical (unpaired) electrons. The van der Waals surface area contributed by atoms with Gasteiger partial charge in [-0.1, -0.05) is 84.0 Å². The molecule has 1 heteroatoms. The molecular formula is C28H40O. The fourth-order valence-corrected chi connectivity index (χ4v) is 5.13. The van der Waals surface area contributed by atoms with Crippen molar-refractivity contribution in [3.63, 3.8) is 0 Å². The monoisotopic (exact) mass is 392 g/mol. The molecule has 29 heavy (non-hydrogen) atoms. The minimum atomic E-state index is -0.194. The maximum Gasteiger partial charge on any atom is 0.0726 e. The molecule has 1 aliphatic carbocycles. The van der Waals surface area contributed by atoms with Crippen LogP contribution in [0.3, 0.4) is 0 Å². The zero-order valence-electron chi connectivity index (χ0n) is 20.0. The largest absolute Gasteiger partial charge is 0.371 e. The van der Waals surface area contributed by atoms with Crippen molar-refractivity contribution in [2.24, 2.45) is 11.8 Å². The summed E-state index contributed by atoms with van der Waals surface area (Å²) < 4.78 is 6.46. The number of hydrogen-bond donors (Lipinski definition) is 0. The van der Waals surface area contributed by atoms with Crippen LogP contribution in [0.25, 0.3) is 0 Å². The first-order valence-electron chi connectivity index (χ1n) is 11.2. The van der Waals surface area contributed by atoms with E-state index in [1.54, 1.807) is 0 Å². The van der Waals surface area contributed by atoms with Crippen LogP contribution >= 0.6 is 0 Å². The van der Waals surface area contributed by atoms with Crippen LogP contribution < -0.4 is 0 Å². The van der Waals surface area contributed by atoms with E-state index in [0.717, 1.165) is 6.42 Å². The molecule has 0 saturated carbocycles. The first-order chi connectivity index (χ1) is 13.4. The predicted molar refractivity (Wildman–Crippen MR) is 125 cm³/mol. The van der Waals surface area contributed by atoms with Gasteiger partial charge in [-0.2, -0.15) is 0 Å². The maximum atomic E-state index is 6.46. The average molecular weight is 393 g/mol. The number of aryl methyl sites for hydroxylation is 1. The summed E-state index contributed by atoms with van der Waals surface area (Å²) in [4.78, 5) is 0. The van der Waals surface area contributed by atoms with Gasteiger partial charge in [0.2, 0.25) is 0 Å². The first kappa shape index (κ1) is 22.1. The molecule has 2 aromatic carbocycles. The third kappa shape index (κ3) is 4.17. The van der Waals surface area contributed by atoms with Crippen molar-refractivity contribution >= 4 is 0 Å². The van der Waals surface area contributed by atoms with E-state index in [-0.39, 0.29) is 16.4 Å². The third-order valence-electron chi connectivity index (χ3n) is 7.98. The lowest BCUT2D eigenvalue weighted by Crippen LogP contribution is -2.46. The highest BCUT2D eigenvalue weighted by molar-refractivity contribution is 5.48. The van der Waals surface area contributed by atoms with Crippen molar-refractivity contribution in [1.29, 1.82) is 0 Å². The number of rotatable bonds is 5. The number of ether oxygens (including phenoxy) is 1. The van der Waals surface area contributed by atoms with Gasteiger partial charge in [-0.05, 0) is 71.3 Å². The van der Waals surface area contributed by atoms with Crippen LogP contribution in [0.5, 0.6) is 0 Å². The molecule has 1 aliphatic rings. The standard InChI is InChI=1S/C28H40O/c1-19-15-24-25(28(8,9)21(3)20(2)27(24,6)7)16-23(19)18-29-26(4,5)17-22-13-11-10-12-14-22/h10-16,20-21H,17-18H2,1-9H3. The Hall–Kier alpha value is -1.60. The lowest BCUT2D eigenvalue weighted by atomic mass is 9.53. The fraction of sp³-hybridized carbons (Fsp3) is 0.571. The summed E-state index contributed by atoms with van der Waals surface area (Å²) in [6.07, 6.45) is 0.922. The highest BCUT2D eigenvalue weighted by Gasteiger charge is 2.47. The molecule has 0 N–H and O–H groups in total. The number of benzene rings is 2. The summed E-state index contributed by atoms with van der Waals surface area (Å²) in [6.45, 7) is 21.8. The van der Waals surface area contributed by atoms with Gasteiger partial charge in [-0.25, -0.2) is 0 Å². The van der Waals surface area contributed by atoms with Crippen LogP contribution in [0.2, 0.25) is 0 Å². The molecule has 0 aromatic heterocycles. The zero-order chi connectivity index (χ0) is 21.6. The molecule has 0 spiro atoms. The van der Waals surface area contributed by atoms with Gasteiger partial charge < -0.3 is 4.74 Å². The summed E-state index contributed by atoms with van der Waals surface area (Å²) in [5, 5.41) is 0. The Labute approximate surface area is 178 Å². The summed E-state index contributed by atoms with van der Waals surface area (Å²) in [5.74, 6) is 1.28. The molecule has 0 fully saturated rings. The summed E-state index contributed by atoms with van der Waals surface area (Å²) in [5.41, 5.74) is 7.22. The Morgan fingerprint density at radius 3 is 1.93 bits per heavy atom. The Bertz CT molecular complexity index is 857. The molecule has 0 heterocycles. The van der Waals surface area contributed by atoms with E-state index in [1.807, 2.05) is 0 Å². The van der Waals surface area contributed by atoms with Gasteiger partial charge in [0.05, 0.1) is 12.2 Å². The molecule has 0 amide bonds. The van der Waals surface area contributed by atoms with E-state index >= 15 is 0 Å². The van der Waals surface area contributed by atoms with Crippen molar-refractivity contribution in [2.75, 3.05) is 0 Å². The molecule has 3 rings (SSSR count). The molecule has 2 atom stereocenters. The van der Waals surface area contributed by atoms with E-state index in [1.165, 1.54) is 27.8 Å². The van der Waals surface area contributed by atoms with Crippen LogP contribution in [0, 0.1) is 18.8 Å². The van der Waals surface area contributed by atoms with Gasteiger partial charge in [0.25, 0.3) is 0 Å². The maximum absolute atomic E-state index is 6.46. The van der Waals surface area contributed by atoms with E-state index < -0.39 is 0 Å². The first-order valence-corrected chi connectivity index (χ1v) is 11.2. The van der Waals surface area contributed by atoms with Crippen LogP contribution in [-0.2, 0) is 28.6 Å². The normalized spacial score (nSPS) is 22.9. The third-order valence-corrected chi connectivity index (χ3v) is 7.98. The second-order valence-electron chi connectivity index (χ2n) is 11.1. The molecule has 2 unspecified atom stereocenters. The minimum absolute atomic E-state index is 0.173. The second-order valence-corrected chi connectivity index (χ2v) is 11.1. The minimum Gasteiger partial charge on any atom is -0.371 e. The summed E-state index contributed by atoms with van der Waals surface area (Å²) in [7, 11) is 0. The quantitative estimate of drug-likeness (QED) is 0.516. The highest BCUT2D eigenvalue weighted by Crippen LogP contribution is 2.52. The molecule has 0 aliphatic heterocycles. The average Bonchev–Trinajstić information content (AvgIpc) is 2.64. The van der Waals surface area contributed by atoms with Gasteiger partial charge >= 0.3 is 0 Å². The van der Waals surface area contributed by atoms with Crippen molar-refractivity contribution in [3.8, 4) is 0 Å². The van der Waals surface area contributed by atoms with Crippen molar-refractivity contribution in [1.82, 2.24) is 0 Å². The Balaban J connectivity index is 1.88. The Morgan fingerprint density at radius 2 is 1.38 bits per heavy atom. The topological polar surface area (TPSA) is 9.23 Å². The van der Waals surface area contributed by atoms with E-state index in [2.05, 4.69) is 105 Å². The van der Waals surface area contributed by atoms with Gasteiger partial charge in [-0.3, -0.25) is 0 Å². The molecule has 2 aromatic rings. The lowest BCUT2D eigenvalue weighted by molar-refractivity contribution is -0.0290. The van der Waals surface area contributed by atoms with E-state index in [0.29, 0.717) is 18.4 Å². The van der Waals surface area contributed by atoms with Crippen molar-refractivity contribution < 1.29 is 4.74 Å². The van der Waals surface area contributed by atoms with Crippen LogP contribution in [0.4, 0.5) is 0 Å². The van der Waals surface area contributed by atoms with E-state index in [9.17, 15) is 0 Å². The van der Waals surface area contributed by atoms with Gasteiger partial charge in [0.15, 0.2) is 0 Å². The number of fused-ring (bicyclic) bond motifs is 1. The zero-order valence-corrected chi connectivity index (χ0v) is 20.0. The Morgan fingerprint density at radius 1 is 0.862 bits per heavy atom. The molecule has 0 bridgehead atoms. The lowest BCUT2D eigenvalue weighted by Gasteiger charge is -2.51. The smallest absolute Gasteiger partial charge is 0.0726 e.